The molecule has 0 spiro atoms. The molecule has 0 fully saturated rings. The quantitative estimate of drug-likeness (QED) is 0.0222. The number of aliphatic hydroxyl groups is 1. The van der Waals surface area contributed by atoms with Crippen molar-refractivity contribution in [1.29, 1.82) is 0 Å². The fraction of sp³-hybridized carbons (Fsp3) is 0.954. The maximum absolute atomic E-state index is 13.2. The van der Waals surface area contributed by atoms with Gasteiger partial charge in [0.15, 0.2) is 12.2 Å². The zero-order valence-corrected chi connectivity index (χ0v) is 71.4. The Balaban J connectivity index is 5.21. The highest BCUT2D eigenvalue weighted by atomic mass is 31.2. The third kappa shape index (κ3) is 80.1. The van der Waals surface area contributed by atoms with Crippen LogP contribution in [0.1, 0.15) is 471 Å². The lowest BCUT2D eigenvalue weighted by molar-refractivity contribution is -0.161. The molecule has 0 bridgehead atoms. The van der Waals surface area contributed by atoms with Gasteiger partial charge in [0.25, 0.3) is 0 Å². The number of hydrogen-bond acceptors (Lipinski definition) is 15. The first-order valence-corrected chi connectivity index (χ1v) is 48.1. The molecular weight excluding hydrogens is 1380 g/mol. The number of rotatable bonds is 87. The van der Waals surface area contributed by atoms with Crippen LogP contribution in [0.15, 0.2) is 0 Å². The summed E-state index contributed by atoms with van der Waals surface area (Å²) >= 11 is 0. The molecule has 0 aliphatic heterocycles. The molecule has 0 radical (unpaired) electrons. The SMILES string of the molecule is CCCCCCCCCCCCCCCCCCCCCCCCC(=O)O[C@H](COC(=O)CCCCCCCCCCCCCCCCCCCC)COP(=O)(O)OC[C@@H](O)COP(=O)(O)OC[C@@H](COC(=O)CCCCCCCCCCCC)OC(=O)CCCCCCCCCCCCCCCC(C)C. The standard InChI is InChI=1S/C87H170O17P2/c1-6-9-12-15-18-21-24-26-28-30-32-33-34-35-37-39-43-47-52-57-62-67-72-86(91)104-83(77-98-85(90)71-66-61-56-51-46-42-38-36-31-29-27-25-22-19-16-13-10-7-2)79-102-106(95,96)100-75-81(88)74-99-105(93,94)101-78-82(76-97-84(89)70-65-60-55-50-23-20-17-14-11-8-3)103-87(92)73-68-63-58-53-48-44-40-41-45-49-54-59-64-69-80(4)5/h80-83,88H,6-79H2,1-5H3,(H,93,94)(H,95,96)/t81-,82+,83+/m0/s1. The van der Waals surface area contributed by atoms with Crippen LogP contribution in [0.4, 0.5) is 0 Å². The molecule has 0 aliphatic rings. The highest BCUT2D eigenvalue weighted by molar-refractivity contribution is 7.47. The summed E-state index contributed by atoms with van der Waals surface area (Å²) < 4.78 is 68.9. The summed E-state index contributed by atoms with van der Waals surface area (Å²) in [6.07, 6.45) is 73.7. The third-order valence-corrected chi connectivity index (χ3v) is 22.4. The van der Waals surface area contributed by atoms with Crippen molar-refractivity contribution < 1.29 is 80.2 Å². The van der Waals surface area contributed by atoms with Crippen molar-refractivity contribution in [3.05, 3.63) is 0 Å². The number of phosphoric ester groups is 2. The average molecular weight is 1550 g/mol. The van der Waals surface area contributed by atoms with Crippen molar-refractivity contribution in [2.45, 2.75) is 490 Å². The van der Waals surface area contributed by atoms with Crippen LogP contribution >= 0.6 is 15.6 Å². The number of unbranched alkanes of at least 4 members (excludes halogenated alkanes) is 59. The minimum absolute atomic E-state index is 0.108. The normalized spacial score (nSPS) is 13.7. The van der Waals surface area contributed by atoms with Gasteiger partial charge in [0, 0.05) is 25.7 Å². The first-order chi connectivity index (χ1) is 51.5. The molecular formula is C87H170O17P2. The predicted octanol–water partition coefficient (Wildman–Crippen LogP) is 26.8. The highest BCUT2D eigenvalue weighted by Gasteiger charge is 2.30. The maximum Gasteiger partial charge on any atom is 0.472 e. The number of hydrogen-bond donors (Lipinski definition) is 3. The molecule has 0 heterocycles. The second-order valence-electron chi connectivity index (χ2n) is 31.8. The summed E-state index contributed by atoms with van der Waals surface area (Å²) in [5, 5.41) is 10.7. The van der Waals surface area contributed by atoms with E-state index in [9.17, 15) is 43.2 Å². The van der Waals surface area contributed by atoms with E-state index < -0.39 is 97.5 Å². The summed E-state index contributed by atoms with van der Waals surface area (Å²) in [5.74, 6) is -1.31. The number of carbonyl (C=O) groups is 4. The van der Waals surface area contributed by atoms with Gasteiger partial charge in [0.1, 0.15) is 19.3 Å². The molecule has 2 unspecified atom stereocenters. The van der Waals surface area contributed by atoms with Gasteiger partial charge in [-0.15, -0.1) is 0 Å². The van der Waals surface area contributed by atoms with Gasteiger partial charge in [-0.1, -0.05) is 420 Å². The number of carbonyl (C=O) groups excluding carboxylic acids is 4. The molecule has 0 saturated carbocycles. The molecule has 0 saturated heterocycles. The van der Waals surface area contributed by atoms with E-state index in [4.69, 9.17) is 37.0 Å². The molecule has 0 aliphatic carbocycles. The molecule has 5 atom stereocenters. The van der Waals surface area contributed by atoms with Crippen LogP contribution in [0.5, 0.6) is 0 Å². The lowest BCUT2D eigenvalue weighted by Gasteiger charge is -2.21. The molecule has 0 amide bonds. The minimum atomic E-state index is -4.97. The van der Waals surface area contributed by atoms with E-state index in [1.807, 2.05) is 0 Å². The molecule has 0 aromatic carbocycles. The Bertz CT molecular complexity index is 2010. The van der Waals surface area contributed by atoms with Gasteiger partial charge in [-0.3, -0.25) is 37.3 Å². The summed E-state index contributed by atoms with van der Waals surface area (Å²) in [5.41, 5.74) is 0. The topological polar surface area (TPSA) is 237 Å². The van der Waals surface area contributed by atoms with Gasteiger partial charge < -0.3 is 33.8 Å². The van der Waals surface area contributed by atoms with E-state index in [1.54, 1.807) is 0 Å². The zero-order valence-electron chi connectivity index (χ0n) is 69.6. The second-order valence-corrected chi connectivity index (χ2v) is 34.7. The Hall–Kier alpha value is -1.94. The van der Waals surface area contributed by atoms with Crippen LogP contribution < -0.4 is 0 Å². The number of phosphoric acid groups is 2. The monoisotopic (exact) mass is 1550 g/mol. The van der Waals surface area contributed by atoms with E-state index in [0.717, 1.165) is 95.8 Å². The molecule has 19 heteroatoms. The van der Waals surface area contributed by atoms with E-state index in [-0.39, 0.29) is 25.7 Å². The zero-order chi connectivity index (χ0) is 77.6. The van der Waals surface area contributed by atoms with Gasteiger partial charge in [0.05, 0.1) is 26.4 Å². The lowest BCUT2D eigenvalue weighted by Crippen LogP contribution is -2.30. The van der Waals surface area contributed by atoms with Gasteiger partial charge in [-0.2, -0.15) is 0 Å². The minimum Gasteiger partial charge on any atom is -0.462 e. The number of aliphatic hydroxyl groups excluding tert-OH is 1. The molecule has 630 valence electrons. The largest absolute Gasteiger partial charge is 0.472 e. The van der Waals surface area contributed by atoms with Crippen LogP contribution in [-0.4, -0.2) is 96.7 Å². The average Bonchev–Trinajstić information content (AvgIpc) is 0.902. The van der Waals surface area contributed by atoms with E-state index in [2.05, 4.69) is 34.6 Å². The first kappa shape index (κ1) is 104. The fourth-order valence-electron chi connectivity index (χ4n) is 13.6. The molecule has 106 heavy (non-hydrogen) atoms. The van der Waals surface area contributed by atoms with Crippen LogP contribution in [0, 0.1) is 5.92 Å². The van der Waals surface area contributed by atoms with Crippen molar-refractivity contribution in [3.63, 3.8) is 0 Å². The van der Waals surface area contributed by atoms with Gasteiger partial charge in [-0.25, -0.2) is 9.13 Å². The van der Waals surface area contributed by atoms with Gasteiger partial charge >= 0.3 is 39.5 Å². The van der Waals surface area contributed by atoms with E-state index in [1.165, 1.54) is 295 Å². The second kappa shape index (κ2) is 79.7. The Morgan fingerprint density at radius 2 is 0.434 bits per heavy atom. The Morgan fingerprint density at radius 3 is 0.642 bits per heavy atom. The van der Waals surface area contributed by atoms with Gasteiger partial charge in [-0.05, 0) is 31.6 Å². The van der Waals surface area contributed by atoms with Crippen LogP contribution in [0.3, 0.4) is 0 Å². The fourth-order valence-corrected chi connectivity index (χ4v) is 15.2. The number of ether oxygens (including phenoxy) is 4. The molecule has 3 N–H and O–H groups in total. The third-order valence-electron chi connectivity index (χ3n) is 20.5. The smallest absolute Gasteiger partial charge is 0.462 e. The molecule has 0 aromatic rings. The van der Waals surface area contributed by atoms with Gasteiger partial charge in [0.2, 0.25) is 0 Å². The van der Waals surface area contributed by atoms with Crippen LogP contribution in [-0.2, 0) is 65.4 Å². The van der Waals surface area contributed by atoms with Crippen LogP contribution in [0.2, 0.25) is 0 Å². The van der Waals surface area contributed by atoms with Crippen molar-refractivity contribution in [2.75, 3.05) is 39.6 Å². The Morgan fingerprint density at radius 1 is 0.255 bits per heavy atom. The highest BCUT2D eigenvalue weighted by Crippen LogP contribution is 2.45. The van der Waals surface area contributed by atoms with E-state index >= 15 is 0 Å². The van der Waals surface area contributed by atoms with E-state index in [0.29, 0.717) is 25.7 Å². The predicted molar refractivity (Wildman–Crippen MR) is 437 cm³/mol. The Labute approximate surface area is 651 Å². The van der Waals surface area contributed by atoms with Crippen molar-refractivity contribution in [2.24, 2.45) is 5.92 Å². The number of esters is 4. The Kier molecular flexibility index (Phi) is 78.2. The lowest BCUT2D eigenvalue weighted by atomic mass is 10.0. The van der Waals surface area contributed by atoms with Crippen molar-refractivity contribution in [1.82, 2.24) is 0 Å². The summed E-state index contributed by atoms with van der Waals surface area (Å²) in [6, 6.07) is 0. The summed E-state index contributed by atoms with van der Waals surface area (Å²) in [4.78, 5) is 73.2. The summed E-state index contributed by atoms with van der Waals surface area (Å²) in [7, 11) is -9.93. The van der Waals surface area contributed by atoms with Crippen molar-refractivity contribution >= 4 is 39.5 Å². The molecule has 0 rings (SSSR count). The first-order valence-electron chi connectivity index (χ1n) is 45.1. The van der Waals surface area contributed by atoms with Crippen molar-refractivity contribution in [3.8, 4) is 0 Å². The molecule has 0 aromatic heterocycles. The molecule has 17 nitrogen and oxygen atoms in total. The summed E-state index contributed by atoms with van der Waals surface area (Å²) in [6.45, 7) is 7.37. The van der Waals surface area contributed by atoms with Crippen LogP contribution in [0.25, 0.3) is 0 Å². The maximum atomic E-state index is 13.2.